The molecule has 18 heavy (non-hydrogen) atoms. The maximum Gasteiger partial charge on any atom is 0.170 e. The highest BCUT2D eigenvalue weighted by molar-refractivity contribution is 7.80. The van der Waals surface area contributed by atoms with Crippen molar-refractivity contribution >= 4 is 23.0 Å². The van der Waals surface area contributed by atoms with E-state index < -0.39 is 0 Å². The van der Waals surface area contributed by atoms with Crippen molar-refractivity contribution in [2.45, 2.75) is 18.9 Å². The van der Waals surface area contributed by atoms with Gasteiger partial charge in [-0.1, -0.05) is 6.07 Å². The molecule has 1 aromatic carbocycles. The van der Waals surface area contributed by atoms with Crippen LogP contribution in [0.15, 0.2) is 24.3 Å². The van der Waals surface area contributed by atoms with Gasteiger partial charge in [-0.3, -0.25) is 0 Å². The van der Waals surface area contributed by atoms with Gasteiger partial charge in [0.25, 0.3) is 0 Å². The molecule has 1 aromatic rings. The van der Waals surface area contributed by atoms with Gasteiger partial charge in [-0.05, 0) is 43.3 Å². The molecule has 1 heterocycles. The first kappa shape index (κ1) is 12.8. The molecule has 1 aliphatic heterocycles. The van der Waals surface area contributed by atoms with Crippen LogP contribution in [0.5, 0.6) is 0 Å². The SMILES string of the molecule is N#Cc1cccc(NC(=S)NCC2CCCO2)c1. The molecular formula is C13H15N3OS. The lowest BCUT2D eigenvalue weighted by Crippen LogP contribution is -2.34. The zero-order valence-electron chi connectivity index (χ0n) is 9.98. The van der Waals surface area contributed by atoms with Crippen molar-refractivity contribution in [1.29, 1.82) is 5.26 Å². The number of hydrogen-bond donors (Lipinski definition) is 2. The van der Waals surface area contributed by atoms with E-state index in [1.165, 1.54) is 0 Å². The Hall–Kier alpha value is -1.64. The molecule has 0 saturated carbocycles. The summed E-state index contributed by atoms with van der Waals surface area (Å²) >= 11 is 5.19. The van der Waals surface area contributed by atoms with Crippen molar-refractivity contribution in [1.82, 2.24) is 5.32 Å². The molecule has 0 spiro atoms. The Morgan fingerprint density at radius 3 is 3.17 bits per heavy atom. The van der Waals surface area contributed by atoms with Crippen LogP contribution in [-0.4, -0.2) is 24.4 Å². The van der Waals surface area contributed by atoms with E-state index in [1.54, 1.807) is 12.1 Å². The van der Waals surface area contributed by atoms with E-state index in [0.29, 0.717) is 10.7 Å². The third-order valence-corrected chi connectivity index (χ3v) is 3.01. The predicted octanol–water partition coefficient (Wildman–Crippen LogP) is 2.02. The second-order valence-electron chi connectivity index (χ2n) is 4.16. The van der Waals surface area contributed by atoms with Crippen LogP contribution >= 0.6 is 12.2 Å². The van der Waals surface area contributed by atoms with E-state index in [4.69, 9.17) is 22.2 Å². The van der Waals surface area contributed by atoms with Crippen molar-refractivity contribution in [3.63, 3.8) is 0 Å². The van der Waals surface area contributed by atoms with Gasteiger partial charge in [-0.15, -0.1) is 0 Å². The minimum atomic E-state index is 0.259. The number of anilines is 1. The van der Waals surface area contributed by atoms with Gasteiger partial charge in [0.15, 0.2) is 5.11 Å². The molecule has 2 rings (SSSR count). The van der Waals surface area contributed by atoms with Crippen molar-refractivity contribution in [3.8, 4) is 6.07 Å². The second kappa shape index (κ2) is 6.34. The number of benzene rings is 1. The van der Waals surface area contributed by atoms with Crippen LogP contribution in [0.1, 0.15) is 18.4 Å². The maximum atomic E-state index is 8.80. The molecule has 1 saturated heterocycles. The first-order valence-electron chi connectivity index (χ1n) is 5.94. The molecule has 0 radical (unpaired) electrons. The van der Waals surface area contributed by atoms with Crippen molar-refractivity contribution in [2.24, 2.45) is 0 Å². The average molecular weight is 261 g/mol. The Morgan fingerprint density at radius 2 is 2.44 bits per heavy atom. The molecule has 0 bridgehead atoms. The number of thiocarbonyl (C=S) groups is 1. The highest BCUT2D eigenvalue weighted by atomic mass is 32.1. The van der Waals surface area contributed by atoms with Gasteiger partial charge in [0, 0.05) is 18.8 Å². The van der Waals surface area contributed by atoms with Gasteiger partial charge in [0.05, 0.1) is 17.7 Å². The highest BCUT2D eigenvalue weighted by Crippen LogP contribution is 2.11. The monoisotopic (exact) mass is 261 g/mol. The third-order valence-electron chi connectivity index (χ3n) is 2.76. The first-order valence-corrected chi connectivity index (χ1v) is 6.35. The first-order chi connectivity index (χ1) is 8.78. The molecule has 0 aromatic heterocycles. The van der Waals surface area contributed by atoms with Crippen LogP contribution in [0, 0.1) is 11.3 Å². The highest BCUT2D eigenvalue weighted by Gasteiger charge is 2.15. The van der Waals surface area contributed by atoms with E-state index in [1.807, 2.05) is 12.1 Å². The molecule has 2 N–H and O–H groups in total. The van der Waals surface area contributed by atoms with Crippen LogP contribution in [0.2, 0.25) is 0 Å². The Bertz CT molecular complexity index is 464. The largest absolute Gasteiger partial charge is 0.376 e. The van der Waals surface area contributed by atoms with Crippen molar-refractivity contribution in [2.75, 3.05) is 18.5 Å². The Kier molecular flexibility index (Phi) is 4.51. The summed E-state index contributed by atoms with van der Waals surface area (Å²) in [7, 11) is 0. The molecule has 1 fully saturated rings. The molecule has 94 valence electrons. The fraction of sp³-hybridized carbons (Fsp3) is 0.385. The van der Waals surface area contributed by atoms with E-state index in [2.05, 4.69) is 16.7 Å². The Balaban J connectivity index is 1.81. The number of nitrogens with one attached hydrogen (secondary N) is 2. The summed E-state index contributed by atoms with van der Waals surface area (Å²) in [4.78, 5) is 0. The molecule has 5 heteroatoms. The average Bonchev–Trinajstić information content (AvgIpc) is 2.90. The van der Waals surface area contributed by atoms with E-state index in [9.17, 15) is 0 Å². The zero-order chi connectivity index (χ0) is 12.8. The zero-order valence-corrected chi connectivity index (χ0v) is 10.8. The van der Waals surface area contributed by atoms with Gasteiger partial charge in [0.1, 0.15) is 0 Å². The second-order valence-corrected chi connectivity index (χ2v) is 4.57. The van der Waals surface area contributed by atoms with Gasteiger partial charge >= 0.3 is 0 Å². The minimum absolute atomic E-state index is 0.259. The third kappa shape index (κ3) is 3.69. The lowest BCUT2D eigenvalue weighted by atomic mass is 10.2. The topological polar surface area (TPSA) is 57.1 Å². The van der Waals surface area contributed by atoms with E-state index in [0.717, 1.165) is 31.7 Å². The van der Waals surface area contributed by atoms with Crippen molar-refractivity contribution in [3.05, 3.63) is 29.8 Å². The number of ether oxygens (including phenoxy) is 1. The lowest BCUT2D eigenvalue weighted by Gasteiger charge is -2.14. The van der Waals surface area contributed by atoms with Crippen LogP contribution in [0.3, 0.4) is 0 Å². The van der Waals surface area contributed by atoms with Gasteiger partial charge in [0.2, 0.25) is 0 Å². The molecule has 0 aliphatic carbocycles. The standard InChI is InChI=1S/C13H15N3OS/c14-8-10-3-1-4-11(7-10)16-13(18)15-9-12-5-2-6-17-12/h1,3-4,7,12H,2,5-6,9H2,(H2,15,16,18). The fourth-order valence-electron chi connectivity index (χ4n) is 1.85. The molecular weight excluding hydrogens is 246 g/mol. The fourth-order valence-corrected chi connectivity index (χ4v) is 2.05. The number of nitrogens with zero attached hydrogens (tertiary/aromatic N) is 1. The van der Waals surface area contributed by atoms with Crippen molar-refractivity contribution < 1.29 is 4.74 Å². The van der Waals surface area contributed by atoms with Gasteiger partial charge in [-0.2, -0.15) is 5.26 Å². The maximum absolute atomic E-state index is 8.80. The molecule has 1 unspecified atom stereocenters. The van der Waals surface area contributed by atoms with Crippen LogP contribution in [-0.2, 0) is 4.74 Å². The number of rotatable bonds is 3. The summed E-state index contributed by atoms with van der Waals surface area (Å²) in [6.45, 7) is 1.57. The molecule has 0 amide bonds. The van der Waals surface area contributed by atoms with Gasteiger partial charge in [-0.25, -0.2) is 0 Å². The Labute approximate surface area is 112 Å². The molecule has 1 atom stereocenters. The molecule has 4 nitrogen and oxygen atoms in total. The lowest BCUT2D eigenvalue weighted by molar-refractivity contribution is 0.114. The van der Waals surface area contributed by atoms with E-state index in [-0.39, 0.29) is 6.10 Å². The minimum Gasteiger partial charge on any atom is -0.376 e. The number of nitriles is 1. The van der Waals surface area contributed by atoms with E-state index >= 15 is 0 Å². The Morgan fingerprint density at radius 1 is 1.56 bits per heavy atom. The summed E-state index contributed by atoms with van der Waals surface area (Å²) in [6, 6.07) is 9.31. The smallest absolute Gasteiger partial charge is 0.170 e. The normalized spacial score (nSPS) is 18.1. The van der Waals surface area contributed by atoms with Crippen LogP contribution < -0.4 is 10.6 Å². The summed E-state index contributed by atoms with van der Waals surface area (Å²) in [5, 5.41) is 15.5. The van der Waals surface area contributed by atoms with Crippen LogP contribution in [0.25, 0.3) is 0 Å². The summed E-state index contributed by atoms with van der Waals surface area (Å²) < 4.78 is 5.50. The summed E-state index contributed by atoms with van der Waals surface area (Å²) in [6.07, 6.45) is 2.46. The predicted molar refractivity (Wildman–Crippen MR) is 74.4 cm³/mol. The molecule has 1 aliphatic rings. The summed E-state index contributed by atoms with van der Waals surface area (Å²) in [5.41, 5.74) is 1.43. The van der Waals surface area contributed by atoms with Crippen LogP contribution in [0.4, 0.5) is 5.69 Å². The summed E-state index contributed by atoms with van der Waals surface area (Å²) in [5.74, 6) is 0. The van der Waals surface area contributed by atoms with Gasteiger partial charge < -0.3 is 15.4 Å². The number of hydrogen-bond acceptors (Lipinski definition) is 3. The quantitative estimate of drug-likeness (QED) is 0.815.